The van der Waals surface area contributed by atoms with Crippen molar-refractivity contribution < 1.29 is 0 Å². The Hall–Kier alpha value is -0.820. The lowest BCUT2D eigenvalue weighted by Crippen LogP contribution is -2.28. The van der Waals surface area contributed by atoms with Gasteiger partial charge in [-0.3, -0.25) is 0 Å². The summed E-state index contributed by atoms with van der Waals surface area (Å²) >= 11 is 0. The molecule has 0 aromatic heterocycles. The largest absolute Gasteiger partial charge is 0.313 e. The van der Waals surface area contributed by atoms with Crippen molar-refractivity contribution in [1.82, 2.24) is 5.32 Å². The van der Waals surface area contributed by atoms with Gasteiger partial charge in [0, 0.05) is 6.04 Å². The SMILES string of the molecule is CNC(c1ccccc1)C1CC2CCC1C2. The van der Waals surface area contributed by atoms with Gasteiger partial charge in [0.25, 0.3) is 0 Å². The molecule has 2 bridgehead atoms. The fourth-order valence-corrected chi connectivity index (χ4v) is 3.99. The fourth-order valence-electron chi connectivity index (χ4n) is 3.99. The van der Waals surface area contributed by atoms with E-state index in [1.165, 1.54) is 31.2 Å². The van der Waals surface area contributed by atoms with Gasteiger partial charge in [0.1, 0.15) is 0 Å². The van der Waals surface area contributed by atoms with Crippen LogP contribution in [0.15, 0.2) is 30.3 Å². The molecule has 0 amide bonds. The molecule has 2 aliphatic carbocycles. The highest BCUT2D eigenvalue weighted by atomic mass is 14.9. The van der Waals surface area contributed by atoms with Crippen molar-refractivity contribution in [3.05, 3.63) is 35.9 Å². The molecule has 2 aliphatic rings. The number of rotatable bonds is 3. The predicted molar refractivity (Wildman–Crippen MR) is 67.2 cm³/mol. The molecule has 16 heavy (non-hydrogen) atoms. The Balaban J connectivity index is 1.81. The lowest BCUT2D eigenvalue weighted by Gasteiger charge is -2.30. The second kappa shape index (κ2) is 4.21. The summed E-state index contributed by atoms with van der Waals surface area (Å²) in [5.74, 6) is 2.91. The molecule has 0 radical (unpaired) electrons. The Morgan fingerprint density at radius 2 is 1.94 bits per heavy atom. The van der Waals surface area contributed by atoms with Gasteiger partial charge < -0.3 is 5.32 Å². The summed E-state index contributed by atoms with van der Waals surface area (Å²) in [7, 11) is 2.11. The molecular formula is C15H21N. The molecule has 2 fully saturated rings. The summed E-state index contributed by atoms with van der Waals surface area (Å²) in [4.78, 5) is 0. The van der Waals surface area contributed by atoms with E-state index in [1.807, 2.05) is 0 Å². The number of hydrogen-bond donors (Lipinski definition) is 1. The normalized spacial score (nSPS) is 34.2. The van der Waals surface area contributed by atoms with Gasteiger partial charge in [-0.25, -0.2) is 0 Å². The number of benzene rings is 1. The molecule has 4 atom stereocenters. The molecule has 1 aromatic carbocycles. The number of fused-ring (bicyclic) bond motifs is 2. The van der Waals surface area contributed by atoms with Crippen molar-refractivity contribution in [2.24, 2.45) is 17.8 Å². The van der Waals surface area contributed by atoms with E-state index in [2.05, 4.69) is 42.7 Å². The molecule has 0 heterocycles. The zero-order valence-electron chi connectivity index (χ0n) is 10.0. The monoisotopic (exact) mass is 215 g/mol. The van der Waals surface area contributed by atoms with Crippen LogP contribution in [0.2, 0.25) is 0 Å². The molecule has 0 spiro atoms. The summed E-state index contributed by atoms with van der Waals surface area (Å²) < 4.78 is 0. The molecule has 1 heteroatoms. The first kappa shape index (κ1) is 10.3. The number of nitrogens with one attached hydrogen (secondary N) is 1. The fraction of sp³-hybridized carbons (Fsp3) is 0.600. The predicted octanol–water partition coefficient (Wildman–Crippen LogP) is 3.38. The summed E-state index contributed by atoms with van der Waals surface area (Å²) in [6, 6.07) is 11.5. The molecule has 3 rings (SSSR count). The van der Waals surface area contributed by atoms with E-state index in [4.69, 9.17) is 0 Å². The van der Waals surface area contributed by atoms with Crippen LogP contribution in [0.1, 0.15) is 37.3 Å². The summed E-state index contributed by atoms with van der Waals surface area (Å²) in [6.07, 6.45) is 5.91. The molecule has 1 N–H and O–H groups in total. The first-order valence-electron chi connectivity index (χ1n) is 6.60. The van der Waals surface area contributed by atoms with Crippen molar-refractivity contribution in [2.45, 2.75) is 31.7 Å². The van der Waals surface area contributed by atoms with Crippen LogP contribution in [0.3, 0.4) is 0 Å². The topological polar surface area (TPSA) is 12.0 Å². The van der Waals surface area contributed by atoms with E-state index in [1.54, 1.807) is 0 Å². The van der Waals surface area contributed by atoms with Crippen LogP contribution in [0.25, 0.3) is 0 Å². The molecule has 1 aromatic rings. The summed E-state index contributed by atoms with van der Waals surface area (Å²) in [5.41, 5.74) is 1.47. The van der Waals surface area contributed by atoms with Gasteiger partial charge in [-0.1, -0.05) is 36.8 Å². The molecule has 0 aliphatic heterocycles. The highest BCUT2D eigenvalue weighted by molar-refractivity contribution is 5.20. The minimum Gasteiger partial charge on any atom is -0.313 e. The van der Waals surface area contributed by atoms with Crippen LogP contribution in [-0.4, -0.2) is 7.05 Å². The van der Waals surface area contributed by atoms with Crippen molar-refractivity contribution in [1.29, 1.82) is 0 Å². The number of hydrogen-bond acceptors (Lipinski definition) is 1. The third-order valence-electron chi connectivity index (χ3n) is 4.69. The van der Waals surface area contributed by atoms with E-state index in [0.717, 1.165) is 17.8 Å². The third-order valence-corrected chi connectivity index (χ3v) is 4.69. The molecule has 1 nitrogen and oxygen atoms in total. The van der Waals surface area contributed by atoms with E-state index >= 15 is 0 Å². The van der Waals surface area contributed by atoms with E-state index in [9.17, 15) is 0 Å². The lowest BCUT2D eigenvalue weighted by atomic mass is 9.80. The van der Waals surface area contributed by atoms with Crippen molar-refractivity contribution in [3.63, 3.8) is 0 Å². The summed E-state index contributed by atoms with van der Waals surface area (Å²) in [6.45, 7) is 0. The van der Waals surface area contributed by atoms with Crippen LogP contribution >= 0.6 is 0 Å². The lowest BCUT2D eigenvalue weighted by molar-refractivity contribution is 0.259. The van der Waals surface area contributed by atoms with Crippen LogP contribution in [0, 0.1) is 17.8 Å². The molecule has 0 saturated heterocycles. The minimum absolute atomic E-state index is 0.580. The Morgan fingerprint density at radius 1 is 1.12 bits per heavy atom. The van der Waals surface area contributed by atoms with Crippen molar-refractivity contribution in [2.75, 3.05) is 7.05 Å². The maximum atomic E-state index is 3.55. The van der Waals surface area contributed by atoms with Gasteiger partial charge in [-0.2, -0.15) is 0 Å². The van der Waals surface area contributed by atoms with E-state index in [0.29, 0.717) is 6.04 Å². The Morgan fingerprint density at radius 3 is 2.50 bits per heavy atom. The molecular weight excluding hydrogens is 194 g/mol. The maximum Gasteiger partial charge on any atom is 0.0348 e. The average molecular weight is 215 g/mol. The van der Waals surface area contributed by atoms with Crippen molar-refractivity contribution in [3.8, 4) is 0 Å². The van der Waals surface area contributed by atoms with Gasteiger partial charge in [0.15, 0.2) is 0 Å². The van der Waals surface area contributed by atoms with Gasteiger partial charge in [0.05, 0.1) is 0 Å². The standard InChI is InChI=1S/C15H21N/c1-16-15(12-5-3-2-4-6-12)14-10-11-7-8-13(14)9-11/h2-6,11,13-16H,7-10H2,1H3. The molecule has 4 unspecified atom stereocenters. The van der Waals surface area contributed by atoms with Gasteiger partial charge in [-0.05, 0) is 49.6 Å². The van der Waals surface area contributed by atoms with E-state index in [-0.39, 0.29) is 0 Å². The second-order valence-corrected chi connectivity index (χ2v) is 5.52. The van der Waals surface area contributed by atoms with Crippen LogP contribution in [-0.2, 0) is 0 Å². The zero-order chi connectivity index (χ0) is 11.0. The van der Waals surface area contributed by atoms with Gasteiger partial charge >= 0.3 is 0 Å². The Labute approximate surface area is 98.3 Å². The van der Waals surface area contributed by atoms with Crippen LogP contribution in [0.4, 0.5) is 0 Å². The first-order valence-corrected chi connectivity index (χ1v) is 6.60. The second-order valence-electron chi connectivity index (χ2n) is 5.52. The minimum atomic E-state index is 0.580. The third kappa shape index (κ3) is 1.67. The summed E-state index contributed by atoms with van der Waals surface area (Å²) in [5, 5.41) is 3.55. The van der Waals surface area contributed by atoms with Crippen LogP contribution < -0.4 is 5.32 Å². The smallest absolute Gasteiger partial charge is 0.0348 e. The Kier molecular flexibility index (Phi) is 2.72. The maximum absolute atomic E-state index is 3.55. The highest BCUT2D eigenvalue weighted by Crippen LogP contribution is 2.52. The van der Waals surface area contributed by atoms with E-state index < -0.39 is 0 Å². The molecule has 86 valence electrons. The molecule has 2 saturated carbocycles. The van der Waals surface area contributed by atoms with Crippen molar-refractivity contribution >= 4 is 0 Å². The van der Waals surface area contributed by atoms with Gasteiger partial charge in [0.2, 0.25) is 0 Å². The average Bonchev–Trinajstić information content (AvgIpc) is 2.94. The first-order chi connectivity index (χ1) is 7.88. The Bertz CT molecular complexity index is 346. The highest BCUT2D eigenvalue weighted by Gasteiger charge is 2.42. The quantitative estimate of drug-likeness (QED) is 0.815. The zero-order valence-corrected chi connectivity index (χ0v) is 10.0. The van der Waals surface area contributed by atoms with Crippen LogP contribution in [0.5, 0.6) is 0 Å². The van der Waals surface area contributed by atoms with Gasteiger partial charge in [-0.15, -0.1) is 0 Å².